The first-order chi connectivity index (χ1) is 8.21. The Morgan fingerprint density at radius 2 is 2.24 bits per heavy atom. The summed E-state index contributed by atoms with van der Waals surface area (Å²) in [4.78, 5) is 6.27. The minimum absolute atomic E-state index is 0.213. The summed E-state index contributed by atoms with van der Waals surface area (Å²) >= 11 is 0. The zero-order chi connectivity index (χ0) is 12.7. The fourth-order valence-corrected chi connectivity index (χ4v) is 1.52. The van der Waals surface area contributed by atoms with Gasteiger partial charge in [-0.1, -0.05) is 6.92 Å². The number of anilines is 1. The van der Waals surface area contributed by atoms with Crippen molar-refractivity contribution in [3.05, 3.63) is 5.89 Å². The van der Waals surface area contributed by atoms with E-state index in [0.717, 1.165) is 13.1 Å². The first-order valence-corrected chi connectivity index (χ1v) is 5.97. The lowest BCUT2D eigenvalue weighted by atomic mass is 10.2. The van der Waals surface area contributed by atoms with E-state index in [1.165, 1.54) is 0 Å². The molecule has 1 aromatic rings. The Morgan fingerprint density at radius 1 is 1.47 bits per heavy atom. The standard InChI is InChI=1S/C11H22N4O2/c1-5-12-9(8-16-4)7-10-13-11(14-17-10)15(3)6-2/h9,12H,5-8H2,1-4H3. The highest BCUT2D eigenvalue weighted by Crippen LogP contribution is 2.08. The van der Waals surface area contributed by atoms with Gasteiger partial charge in [0.2, 0.25) is 5.89 Å². The molecule has 0 spiro atoms. The van der Waals surface area contributed by atoms with Crippen LogP contribution in [0.4, 0.5) is 5.95 Å². The van der Waals surface area contributed by atoms with Crippen LogP contribution in [0.15, 0.2) is 4.52 Å². The van der Waals surface area contributed by atoms with Crippen molar-refractivity contribution in [3.8, 4) is 0 Å². The molecule has 0 aromatic carbocycles. The first-order valence-electron chi connectivity index (χ1n) is 5.97. The Hall–Kier alpha value is -1.14. The minimum atomic E-state index is 0.213. The van der Waals surface area contributed by atoms with Crippen molar-refractivity contribution in [3.63, 3.8) is 0 Å². The van der Waals surface area contributed by atoms with E-state index in [9.17, 15) is 0 Å². The number of nitrogens with one attached hydrogen (secondary N) is 1. The molecule has 0 saturated heterocycles. The molecule has 1 heterocycles. The summed E-state index contributed by atoms with van der Waals surface area (Å²) in [6, 6.07) is 0.213. The van der Waals surface area contributed by atoms with Crippen molar-refractivity contribution in [2.24, 2.45) is 0 Å². The van der Waals surface area contributed by atoms with Gasteiger partial charge in [-0.05, 0) is 18.6 Å². The number of aromatic nitrogens is 2. The van der Waals surface area contributed by atoms with Gasteiger partial charge in [0.25, 0.3) is 5.95 Å². The largest absolute Gasteiger partial charge is 0.383 e. The Bertz CT molecular complexity index is 310. The summed E-state index contributed by atoms with van der Waals surface area (Å²) < 4.78 is 10.4. The Kier molecular flexibility index (Phi) is 5.93. The van der Waals surface area contributed by atoms with Crippen LogP contribution in [-0.4, -0.2) is 50.0 Å². The summed E-state index contributed by atoms with van der Waals surface area (Å²) in [5.74, 6) is 1.28. The number of methoxy groups -OCH3 is 1. The molecule has 1 N–H and O–H groups in total. The van der Waals surface area contributed by atoms with Crippen molar-refractivity contribution >= 4 is 5.95 Å². The van der Waals surface area contributed by atoms with Crippen LogP contribution in [0, 0.1) is 0 Å². The SMILES string of the molecule is CCNC(COC)Cc1nc(N(C)CC)no1. The molecule has 6 heteroatoms. The third-order valence-electron chi connectivity index (χ3n) is 2.55. The van der Waals surface area contributed by atoms with E-state index >= 15 is 0 Å². The molecule has 1 rings (SSSR count). The quantitative estimate of drug-likeness (QED) is 0.723. The van der Waals surface area contributed by atoms with Crippen LogP contribution in [0.3, 0.4) is 0 Å². The number of ether oxygens (including phenoxy) is 1. The molecule has 0 aliphatic rings. The van der Waals surface area contributed by atoms with Gasteiger partial charge in [0, 0.05) is 33.2 Å². The summed E-state index contributed by atoms with van der Waals surface area (Å²) in [7, 11) is 3.63. The van der Waals surface area contributed by atoms with Gasteiger partial charge in [-0.3, -0.25) is 0 Å². The highest BCUT2D eigenvalue weighted by Gasteiger charge is 2.14. The summed E-state index contributed by atoms with van der Waals surface area (Å²) in [6.07, 6.45) is 0.687. The van der Waals surface area contributed by atoms with E-state index in [1.807, 2.05) is 18.9 Å². The van der Waals surface area contributed by atoms with Crippen LogP contribution in [0.2, 0.25) is 0 Å². The molecular formula is C11H22N4O2. The second-order valence-corrected chi connectivity index (χ2v) is 3.92. The van der Waals surface area contributed by atoms with Gasteiger partial charge in [-0.2, -0.15) is 4.98 Å². The topological polar surface area (TPSA) is 63.4 Å². The Balaban J connectivity index is 2.56. The molecule has 6 nitrogen and oxygen atoms in total. The van der Waals surface area contributed by atoms with Gasteiger partial charge in [0.05, 0.1) is 6.61 Å². The molecule has 0 aliphatic heterocycles. The average Bonchev–Trinajstić information content (AvgIpc) is 2.77. The molecule has 0 amide bonds. The molecule has 1 unspecified atom stereocenters. The molecular weight excluding hydrogens is 220 g/mol. The maximum Gasteiger partial charge on any atom is 0.265 e. The van der Waals surface area contributed by atoms with Crippen LogP contribution in [0.1, 0.15) is 19.7 Å². The van der Waals surface area contributed by atoms with Crippen LogP contribution in [-0.2, 0) is 11.2 Å². The lowest BCUT2D eigenvalue weighted by Gasteiger charge is -2.14. The summed E-state index contributed by atoms with van der Waals surface area (Å²) in [6.45, 7) is 6.49. The lowest BCUT2D eigenvalue weighted by Crippen LogP contribution is -2.35. The maximum atomic E-state index is 5.21. The summed E-state index contributed by atoms with van der Waals surface area (Å²) in [5, 5.41) is 7.25. The van der Waals surface area contributed by atoms with Crippen LogP contribution >= 0.6 is 0 Å². The lowest BCUT2D eigenvalue weighted by molar-refractivity contribution is 0.162. The average molecular weight is 242 g/mol. The first kappa shape index (κ1) is 13.9. The van der Waals surface area contributed by atoms with Gasteiger partial charge in [-0.15, -0.1) is 0 Å². The number of nitrogens with zero attached hydrogens (tertiary/aromatic N) is 3. The van der Waals surface area contributed by atoms with Gasteiger partial charge >= 0.3 is 0 Å². The normalized spacial score (nSPS) is 12.7. The Labute approximate surface area is 102 Å². The third kappa shape index (κ3) is 4.32. The molecule has 0 bridgehead atoms. The van der Waals surface area contributed by atoms with E-state index in [2.05, 4.69) is 22.4 Å². The molecule has 0 aliphatic carbocycles. The molecule has 0 saturated carbocycles. The number of hydrogen-bond acceptors (Lipinski definition) is 6. The fourth-order valence-electron chi connectivity index (χ4n) is 1.52. The zero-order valence-corrected chi connectivity index (χ0v) is 11.1. The number of likely N-dealkylation sites (N-methyl/N-ethyl adjacent to an activating group) is 1. The summed E-state index contributed by atoms with van der Waals surface area (Å²) in [5.41, 5.74) is 0. The number of hydrogen-bond donors (Lipinski definition) is 1. The van der Waals surface area contributed by atoms with Crippen molar-refractivity contribution in [2.45, 2.75) is 26.3 Å². The smallest absolute Gasteiger partial charge is 0.265 e. The third-order valence-corrected chi connectivity index (χ3v) is 2.55. The maximum absolute atomic E-state index is 5.21. The highest BCUT2D eigenvalue weighted by atomic mass is 16.5. The molecule has 0 radical (unpaired) electrons. The van der Waals surface area contributed by atoms with E-state index in [4.69, 9.17) is 9.26 Å². The van der Waals surface area contributed by atoms with E-state index in [0.29, 0.717) is 24.9 Å². The van der Waals surface area contributed by atoms with Gasteiger partial charge in [0.1, 0.15) is 0 Å². The highest BCUT2D eigenvalue weighted by molar-refractivity contribution is 5.25. The minimum Gasteiger partial charge on any atom is -0.383 e. The van der Waals surface area contributed by atoms with E-state index in [-0.39, 0.29) is 6.04 Å². The van der Waals surface area contributed by atoms with Gasteiger partial charge in [-0.25, -0.2) is 0 Å². The van der Waals surface area contributed by atoms with Crippen molar-refractivity contribution in [1.29, 1.82) is 0 Å². The van der Waals surface area contributed by atoms with Gasteiger partial charge in [0.15, 0.2) is 0 Å². The van der Waals surface area contributed by atoms with Crippen molar-refractivity contribution in [2.75, 3.05) is 38.8 Å². The predicted molar refractivity (Wildman–Crippen MR) is 66.3 cm³/mol. The molecule has 1 aromatic heterocycles. The fraction of sp³-hybridized carbons (Fsp3) is 0.818. The molecule has 0 fully saturated rings. The van der Waals surface area contributed by atoms with Gasteiger partial charge < -0.3 is 19.5 Å². The van der Waals surface area contributed by atoms with E-state index in [1.54, 1.807) is 7.11 Å². The molecule has 98 valence electrons. The van der Waals surface area contributed by atoms with E-state index < -0.39 is 0 Å². The van der Waals surface area contributed by atoms with Crippen LogP contribution in [0.25, 0.3) is 0 Å². The van der Waals surface area contributed by atoms with Crippen molar-refractivity contribution < 1.29 is 9.26 Å². The van der Waals surface area contributed by atoms with Crippen molar-refractivity contribution in [1.82, 2.24) is 15.5 Å². The zero-order valence-electron chi connectivity index (χ0n) is 11.1. The molecule has 1 atom stereocenters. The predicted octanol–water partition coefficient (Wildman–Crippen LogP) is 0.693. The van der Waals surface area contributed by atoms with Crippen LogP contribution < -0.4 is 10.2 Å². The van der Waals surface area contributed by atoms with Crippen LogP contribution in [0.5, 0.6) is 0 Å². The number of rotatable bonds is 8. The second kappa shape index (κ2) is 7.24. The second-order valence-electron chi connectivity index (χ2n) is 3.92. The monoisotopic (exact) mass is 242 g/mol. The Morgan fingerprint density at radius 3 is 2.82 bits per heavy atom. The molecule has 17 heavy (non-hydrogen) atoms.